The molecule has 1 aliphatic carbocycles. The Morgan fingerprint density at radius 1 is 1.16 bits per heavy atom. The Hall–Kier alpha value is -1.97. The van der Waals surface area contributed by atoms with Crippen molar-refractivity contribution >= 4 is 11.7 Å². The van der Waals surface area contributed by atoms with E-state index in [0.717, 1.165) is 6.42 Å². The number of ketones is 1. The Kier molecular flexibility index (Phi) is 2.93. The van der Waals surface area contributed by atoms with E-state index in [0.29, 0.717) is 29.7 Å². The Balaban J connectivity index is 2.11. The van der Waals surface area contributed by atoms with E-state index >= 15 is 0 Å². The third-order valence-electron chi connectivity index (χ3n) is 3.77. The monoisotopic (exact) mass is 259 g/mol. The van der Waals surface area contributed by atoms with E-state index in [2.05, 4.69) is 5.32 Å². The van der Waals surface area contributed by atoms with E-state index in [1.807, 2.05) is 0 Å². The van der Waals surface area contributed by atoms with Crippen molar-refractivity contribution in [3.8, 4) is 0 Å². The van der Waals surface area contributed by atoms with Gasteiger partial charge in [-0.2, -0.15) is 0 Å². The predicted molar refractivity (Wildman–Crippen MR) is 67.8 cm³/mol. The molecule has 1 aromatic rings. The number of Topliss-reactive ketones (excluding diaryl/α,β-unsaturated/α-hetero) is 1. The largest absolute Gasteiger partial charge is 0.329 e. The molecule has 1 heterocycles. The fourth-order valence-electron chi connectivity index (χ4n) is 2.93. The van der Waals surface area contributed by atoms with Gasteiger partial charge in [0.1, 0.15) is 5.82 Å². The zero-order valence-electron chi connectivity index (χ0n) is 10.4. The molecule has 3 rings (SSSR count). The zero-order valence-corrected chi connectivity index (χ0v) is 10.4. The Morgan fingerprint density at radius 3 is 2.74 bits per heavy atom. The molecule has 1 aromatic carbocycles. The second-order valence-electron chi connectivity index (χ2n) is 5.00. The molecule has 0 bridgehead atoms. The van der Waals surface area contributed by atoms with Crippen molar-refractivity contribution in [2.75, 3.05) is 0 Å². The van der Waals surface area contributed by atoms with Crippen molar-refractivity contribution in [1.29, 1.82) is 0 Å². The van der Waals surface area contributed by atoms with Crippen LogP contribution in [0.2, 0.25) is 0 Å². The van der Waals surface area contributed by atoms with Gasteiger partial charge >= 0.3 is 0 Å². The van der Waals surface area contributed by atoms with Crippen molar-refractivity contribution in [2.45, 2.75) is 31.6 Å². The summed E-state index contributed by atoms with van der Waals surface area (Å²) in [5.41, 5.74) is 1.75. The number of allylic oxidation sites excluding steroid dienone is 2. The number of rotatable bonds is 1. The summed E-state index contributed by atoms with van der Waals surface area (Å²) in [5, 5.41) is 2.77. The fraction of sp³-hybridized carbons (Fsp3) is 0.333. The molecule has 1 N–H and O–H groups in total. The molecule has 4 heteroatoms. The summed E-state index contributed by atoms with van der Waals surface area (Å²) in [6, 6.07) is 6.37. The minimum absolute atomic E-state index is 0.0366. The number of carbonyl (C=O) groups excluding carboxylic acids is 2. The maximum Gasteiger partial charge on any atom is 0.225 e. The summed E-state index contributed by atoms with van der Waals surface area (Å²) >= 11 is 0. The Labute approximate surface area is 110 Å². The topological polar surface area (TPSA) is 46.2 Å². The first-order valence-electron chi connectivity index (χ1n) is 6.47. The molecule has 0 spiro atoms. The summed E-state index contributed by atoms with van der Waals surface area (Å²) in [6.07, 6.45) is 2.07. The average Bonchev–Trinajstić information content (AvgIpc) is 2.38. The van der Waals surface area contributed by atoms with Crippen molar-refractivity contribution in [2.24, 2.45) is 0 Å². The highest BCUT2D eigenvalue weighted by molar-refractivity contribution is 6.01. The number of halogens is 1. The van der Waals surface area contributed by atoms with Gasteiger partial charge in [0.25, 0.3) is 0 Å². The quantitative estimate of drug-likeness (QED) is 0.842. The highest BCUT2D eigenvalue weighted by Gasteiger charge is 2.35. The van der Waals surface area contributed by atoms with E-state index in [1.54, 1.807) is 18.2 Å². The molecule has 1 amide bonds. The van der Waals surface area contributed by atoms with Gasteiger partial charge in [-0.3, -0.25) is 9.59 Å². The van der Waals surface area contributed by atoms with Crippen LogP contribution in [0.4, 0.5) is 4.39 Å². The lowest BCUT2D eigenvalue weighted by Crippen LogP contribution is -2.36. The fourth-order valence-corrected chi connectivity index (χ4v) is 2.93. The van der Waals surface area contributed by atoms with Crippen LogP contribution >= 0.6 is 0 Å². The summed E-state index contributed by atoms with van der Waals surface area (Å²) in [7, 11) is 0. The summed E-state index contributed by atoms with van der Waals surface area (Å²) < 4.78 is 13.9. The van der Waals surface area contributed by atoms with Gasteiger partial charge in [-0.25, -0.2) is 4.39 Å². The minimum atomic E-state index is -0.433. The van der Waals surface area contributed by atoms with Crippen LogP contribution in [0, 0.1) is 5.82 Å². The van der Waals surface area contributed by atoms with Gasteiger partial charge in [-0.05, 0) is 24.5 Å². The standard InChI is InChI=1S/C15H14FNO2/c16-11-5-2-1-4-9(11)10-8-14(19)17-12-6-3-7-13(18)15(10)12/h1-2,4-5,10H,3,6-8H2,(H,17,19). The first-order chi connectivity index (χ1) is 9.16. The molecule has 19 heavy (non-hydrogen) atoms. The van der Waals surface area contributed by atoms with Crippen LogP contribution < -0.4 is 5.32 Å². The van der Waals surface area contributed by atoms with E-state index < -0.39 is 5.92 Å². The van der Waals surface area contributed by atoms with Gasteiger partial charge in [0, 0.05) is 30.0 Å². The predicted octanol–water partition coefficient (Wildman–Crippen LogP) is 2.44. The maximum absolute atomic E-state index is 13.9. The smallest absolute Gasteiger partial charge is 0.225 e. The van der Waals surface area contributed by atoms with E-state index in [9.17, 15) is 14.0 Å². The Bertz CT molecular complexity index is 592. The lowest BCUT2D eigenvalue weighted by molar-refractivity contribution is -0.122. The number of amides is 1. The van der Waals surface area contributed by atoms with Crippen LogP contribution in [0.1, 0.15) is 37.2 Å². The normalized spacial score (nSPS) is 23.1. The molecule has 3 nitrogen and oxygen atoms in total. The lowest BCUT2D eigenvalue weighted by Gasteiger charge is -2.31. The van der Waals surface area contributed by atoms with Gasteiger partial charge < -0.3 is 5.32 Å². The molecule has 1 aliphatic heterocycles. The third kappa shape index (κ3) is 2.07. The van der Waals surface area contributed by atoms with Crippen molar-refractivity contribution < 1.29 is 14.0 Å². The van der Waals surface area contributed by atoms with Crippen LogP contribution in [0.25, 0.3) is 0 Å². The molecule has 0 fully saturated rings. The average molecular weight is 259 g/mol. The number of nitrogens with one attached hydrogen (secondary N) is 1. The van der Waals surface area contributed by atoms with Gasteiger partial charge in [0.05, 0.1) is 0 Å². The van der Waals surface area contributed by atoms with Gasteiger partial charge in [0.15, 0.2) is 5.78 Å². The van der Waals surface area contributed by atoms with E-state index in [4.69, 9.17) is 0 Å². The first kappa shape index (κ1) is 12.1. The van der Waals surface area contributed by atoms with Gasteiger partial charge in [-0.1, -0.05) is 18.2 Å². The number of hydrogen-bond acceptors (Lipinski definition) is 2. The van der Waals surface area contributed by atoms with Crippen molar-refractivity contribution in [1.82, 2.24) is 5.32 Å². The minimum Gasteiger partial charge on any atom is -0.329 e. The SMILES string of the molecule is O=C1CC(c2ccccc2F)C2=C(CCCC2=O)N1. The van der Waals surface area contributed by atoms with Crippen LogP contribution in [0.15, 0.2) is 35.5 Å². The third-order valence-corrected chi connectivity index (χ3v) is 3.77. The maximum atomic E-state index is 13.9. The molecule has 0 aromatic heterocycles. The van der Waals surface area contributed by atoms with Crippen LogP contribution in [-0.2, 0) is 9.59 Å². The molecular formula is C15H14FNO2. The molecule has 1 unspecified atom stereocenters. The highest BCUT2D eigenvalue weighted by atomic mass is 19.1. The number of hydrogen-bond donors (Lipinski definition) is 1. The Morgan fingerprint density at radius 2 is 1.95 bits per heavy atom. The molecular weight excluding hydrogens is 245 g/mol. The first-order valence-corrected chi connectivity index (χ1v) is 6.47. The molecule has 98 valence electrons. The summed E-state index contributed by atoms with van der Waals surface area (Å²) in [5.74, 6) is -0.888. The number of carbonyl (C=O) groups is 2. The van der Waals surface area contributed by atoms with Crippen LogP contribution in [0.5, 0.6) is 0 Å². The molecule has 0 saturated carbocycles. The summed E-state index contributed by atoms with van der Waals surface area (Å²) in [6.45, 7) is 0. The second kappa shape index (κ2) is 4.61. The van der Waals surface area contributed by atoms with Gasteiger partial charge in [0.2, 0.25) is 5.91 Å². The molecule has 1 atom stereocenters. The zero-order chi connectivity index (χ0) is 13.4. The highest BCUT2D eigenvalue weighted by Crippen LogP contribution is 2.38. The van der Waals surface area contributed by atoms with E-state index in [1.165, 1.54) is 6.07 Å². The van der Waals surface area contributed by atoms with Gasteiger partial charge in [-0.15, -0.1) is 0 Å². The van der Waals surface area contributed by atoms with Crippen LogP contribution in [0.3, 0.4) is 0 Å². The summed E-state index contributed by atoms with van der Waals surface area (Å²) in [4.78, 5) is 23.8. The van der Waals surface area contributed by atoms with Crippen molar-refractivity contribution in [3.63, 3.8) is 0 Å². The molecule has 0 saturated heterocycles. The van der Waals surface area contributed by atoms with E-state index in [-0.39, 0.29) is 23.9 Å². The van der Waals surface area contributed by atoms with Crippen molar-refractivity contribution in [3.05, 3.63) is 46.9 Å². The molecule has 0 radical (unpaired) electrons. The second-order valence-corrected chi connectivity index (χ2v) is 5.00. The van der Waals surface area contributed by atoms with Crippen LogP contribution in [-0.4, -0.2) is 11.7 Å². The lowest BCUT2D eigenvalue weighted by atomic mass is 9.78. The number of benzene rings is 1. The molecule has 2 aliphatic rings.